The topological polar surface area (TPSA) is 81.9 Å². The van der Waals surface area contributed by atoms with Gasteiger partial charge in [0.2, 0.25) is 0 Å². The van der Waals surface area contributed by atoms with Gasteiger partial charge < -0.3 is 20.1 Å². The number of rotatable bonds is 6. The summed E-state index contributed by atoms with van der Waals surface area (Å²) >= 11 is 0. The summed E-state index contributed by atoms with van der Waals surface area (Å²) in [7, 11) is 1.64. The van der Waals surface area contributed by atoms with Crippen molar-refractivity contribution < 1.29 is 19.1 Å². The molecule has 0 bridgehead atoms. The van der Waals surface area contributed by atoms with E-state index in [4.69, 9.17) is 15.2 Å². The standard InChI is InChI=1S/C20H22N2O4/c1-25-16-8-4-14(5-9-16)18-3-2-12-22(18)20(24)15-6-10-17(11-7-15)26-13-19(21)23/h4-11,18H,2-3,12-13H2,1H3,(H2,21,23)/t18-/m1/s1. The summed E-state index contributed by atoms with van der Waals surface area (Å²) in [5, 5.41) is 0. The zero-order chi connectivity index (χ0) is 18.5. The van der Waals surface area contributed by atoms with Crippen LogP contribution in [0.15, 0.2) is 48.5 Å². The average Bonchev–Trinajstić information content (AvgIpc) is 3.16. The molecule has 1 heterocycles. The zero-order valence-corrected chi connectivity index (χ0v) is 14.7. The maximum atomic E-state index is 12.9. The number of nitrogens with zero attached hydrogens (tertiary/aromatic N) is 1. The van der Waals surface area contributed by atoms with E-state index < -0.39 is 5.91 Å². The molecule has 2 amide bonds. The van der Waals surface area contributed by atoms with Gasteiger partial charge in [0.25, 0.3) is 11.8 Å². The second kappa shape index (κ2) is 7.91. The van der Waals surface area contributed by atoms with Gasteiger partial charge in [-0.05, 0) is 54.8 Å². The zero-order valence-electron chi connectivity index (χ0n) is 14.7. The van der Waals surface area contributed by atoms with E-state index in [1.54, 1.807) is 31.4 Å². The molecule has 2 aromatic rings. The van der Waals surface area contributed by atoms with Crippen LogP contribution in [0.5, 0.6) is 11.5 Å². The Morgan fingerprint density at radius 3 is 2.35 bits per heavy atom. The molecular formula is C20H22N2O4. The van der Waals surface area contributed by atoms with E-state index in [0.717, 1.165) is 30.7 Å². The maximum absolute atomic E-state index is 12.9. The smallest absolute Gasteiger partial charge is 0.255 e. The predicted octanol–water partition coefficient (Wildman–Crippen LogP) is 2.54. The normalized spacial score (nSPS) is 16.3. The number of amides is 2. The highest BCUT2D eigenvalue weighted by atomic mass is 16.5. The van der Waals surface area contributed by atoms with E-state index >= 15 is 0 Å². The minimum absolute atomic E-state index is 0.00947. The Kier molecular flexibility index (Phi) is 5.41. The molecule has 136 valence electrons. The van der Waals surface area contributed by atoms with Crippen molar-refractivity contribution in [2.45, 2.75) is 18.9 Å². The number of ether oxygens (including phenoxy) is 2. The molecule has 1 aliphatic heterocycles. The summed E-state index contributed by atoms with van der Waals surface area (Å²) in [4.78, 5) is 25.6. The van der Waals surface area contributed by atoms with Crippen LogP contribution in [0.2, 0.25) is 0 Å². The summed E-state index contributed by atoms with van der Waals surface area (Å²) < 4.78 is 10.4. The van der Waals surface area contributed by atoms with Crippen LogP contribution in [0.25, 0.3) is 0 Å². The molecule has 0 aromatic heterocycles. The molecule has 1 fully saturated rings. The summed E-state index contributed by atoms with van der Waals surface area (Å²) in [6, 6.07) is 14.7. The first-order valence-electron chi connectivity index (χ1n) is 8.54. The first-order chi connectivity index (χ1) is 12.6. The molecule has 0 spiro atoms. The molecule has 0 aliphatic carbocycles. The number of carbonyl (C=O) groups is 2. The van der Waals surface area contributed by atoms with Gasteiger partial charge in [0.15, 0.2) is 6.61 Å². The molecule has 3 rings (SSSR count). The number of nitrogens with two attached hydrogens (primary N) is 1. The highest BCUT2D eigenvalue weighted by Crippen LogP contribution is 2.34. The predicted molar refractivity (Wildman–Crippen MR) is 97.1 cm³/mol. The SMILES string of the molecule is COc1ccc([C@H]2CCCN2C(=O)c2ccc(OCC(N)=O)cc2)cc1. The Labute approximate surface area is 152 Å². The third kappa shape index (κ3) is 3.96. The summed E-state index contributed by atoms with van der Waals surface area (Å²) in [6.45, 7) is 0.550. The van der Waals surface area contributed by atoms with E-state index in [-0.39, 0.29) is 18.6 Å². The first-order valence-corrected chi connectivity index (χ1v) is 8.54. The summed E-state index contributed by atoms with van der Waals surface area (Å²) in [6.07, 6.45) is 1.92. The third-order valence-electron chi connectivity index (χ3n) is 4.50. The highest BCUT2D eigenvalue weighted by Gasteiger charge is 2.30. The van der Waals surface area contributed by atoms with Gasteiger partial charge >= 0.3 is 0 Å². The lowest BCUT2D eigenvalue weighted by Gasteiger charge is -2.25. The molecule has 2 aromatic carbocycles. The molecule has 0 radical (unpaired) electrons. The van der Waals surface area contributed by atoms with Crippen LogP contribution < -0.4 is 15.2 Å². The van der Waals surface area contributed by atoms with Crippen LogP contribution in [0.1, 0.15) is 34.8 Å². The maximum Gasteiger partial charge on any atom is 0.255 e. The Morgan fingerprint density at radius 2 is 1.73 bits per heavy atom. The van der Waals surface area contributed by atoms with Crippen molar-refractivity contribution in [2.24, 2.45) is 5.73 Å². The van der Waals surface area contributed by atoms with E-state index in [9.17, 15) is 9.59 Å². The number of primary amides is 1. The van der Waals surface area contributed by atoms with Gasteiger partial charge in [-0.2, -0.15) is 0 Å². The summed E-state index contributed by atoms with van der Waals surface area (Å²) in [5.41, 5.74) is 6.76. The van der Waals surface area contributed by atoms with Crippen molar-refractivity contribution in [1.82, 2.24) is 4.90 Å². The van der Waals surface area contributed by atoms with E-state index in [0.29, 0.717) is 11.3 Å². The van der Waals surface area contributed by atoms with Crippen molar-refractivity contribution in [3.05, 3.63) is 59.7 Å². The largest absolute Gasteiger partial charge is 0.497 e. The molecule has 2 N–H and O–H groups in total. The molecule has 0 saturated carbocycles. The van der Waals surface area contributed by atoms with Crippen LogP contribution in [0.4, 0.5) is 0 Å². The molecule has 1 saturated heterocycles. The molecule has 1 aliphatic rings. The van der Waals surface area contributed by atoms with E-state index in [1.165, 1.54) is 0 Å². The van der Waals surface area contributed by atoms with Crippen molar-refractivity contribution in [2.75, 3.05) is 20.3 Å². The van der Waals surface area contributed by atoms with Crippen LogP contribution >= 0.6 is 0 Å². The van der Waals surface area contributed by atoms with Crippen LogP contribution in [-0.4, -0.2) is 37.0 Å². The fourth-order valence-corrected chi connectivity index (χ4v) is 3.20. The van der Waals surface area contributed by atoms with Gasteiger partial charge in [0.1, 0.15) is 11.5 Å². The van der Waals surface area contributed by atoms with E-state index in [2.05, 4.69) is 0 Å². The molecule has 0 unspecified atom stereocenters. The number of hydrogen-bond acceptors (Lipinski definition) is 4. The number of carbonyl (C=O) groups excluding carboxylic acids is 2. The second-order valence-electron chi connectivity index (χ2n) is 6.21. The molecule has 6 nitrogen and oxygen atoms in total. The minimum atomic E-state index is -0.537. The monoisotopic (exact) mass is 354 g/mol. The van der Waals surface area contributed by atoms with Crippen LogP contribution in [0.3, 0.4) is 0 Å². The lowest BCUT2D eigenvalue weighted by Crippen LogP contribution is -2.30. The quantitative estimate of drug-likeness (QED) is 0.864. The Hall–Kier alpha value is -3.02. The fourth-order valence-electron chi connectivity index (χ4n) is 3.20. The van der Waals surface area contributed by atoms with Gasteiger partial charge in [-0.1, -0.05) is 12.1 Å². The first kappa shape index (κ1) is 17.8. The van der Waals surface area contributed by atoms with E-state index in [1.807, 2.05) is 29.2 Å². The van der Waals surface area contributed by atoms with Crippen molar-refractivity contribution >= 4 is 11.8 Å². The molecular weight excluding hydrogens is 332 g/mol. The number of hydrogen-bond donors (Lipinski definition) is 1. The Bertz CT molecular complexity index is 771. The molecule has 1 atom stereocenters. The van der Waals surface area contributed by atoms with Gasteiger partial charge in [0.05, 0.1) is 13.2 Å². The molecule has 6 heteroatoms. The van der Waals surface area contributed by atoms with Crippen molar-refractivity contribution in [3.8, 4) is 11.5 Å². The van der Waals surface area contributed by atoms with Gasteiger partial charge in [0, 0.05) is 12.1 Å². The number of benzene rings is 2. The van der Waals surface area contributed by atoms with Gasteiger partial charge in [-0.3, -0.25) is 9.59 Å². The van der Waals surface area contributed by atoms with Crippen LogP contribution in [0, 0.1) is 0 Å². The second-order valence-corrected chi connectivity index (χ2v) is 6.21. The van der Waals surface area contributed by atoms with Crippen LogP contribution in [-0.2, 0) is 4.79 Å². The highest BCUT2D eigenvalue weighted by molar-refractivity contribution is 5.94. The Balaban J connectivity index is 1.72. The number of methoxy groups -OCH3 is 1. The lowest BCUT2D eigenvalue weighted by molar-refractivity contribution is -0.119. The molecule has 26 heavy (non-hydrogen) atoms. The minimum Gasteiger partial charge on any atom is -0.497 e. The summed E-state index contributed by atoms with van der Waals surface area (Å²) in [5.74, 6) is 0.763. The number of likely N-dealkylation sites (tertiary alicyclic amines) is 1. The Morgan fingerprint density at radius 1 is 1.08 bits per heavy atom. The van der Waals surface area contributed by atoms with Crippen molar-refractivity contribution in [1.29, 1.82) is 0 Å². The average molecular weight is 354 g/mol. The van der Waals surface area contributed by atoms with Gasteiger partial charge in [-0.15, -0.1) is 0 Å². The van der Waals surface area contributed by atoms with Gasteiger partial charge in [-0.25, -0.2) is 0 Å². The lowest BCUT2D eigenvalue weighted by atomic mass is 10.0. The fraction of sp³-hybridized carbons (Fsp3) is 0.300. The van der Waals surface area contributed by atoms with Crippen molar-refractivity contribution in [3.63, 3.8) is 0 Å². The third-order valence-corrected chi connectivity index (χ3v) is 4.50.